The van der Waals surface area contributed by atoms with Crippen LogP contribution in [0.3, 0.4) is 0 Å². The summed E-state index contributed by atoms with van der Waals surface area (Å²) in [5.41, 5.74) is 2.59. The highest BCUT2D eigenvalue weighted by Gasteiger charge is 2.18. The minimum Gasteiger partial charge on any atom is -0.383 e. The summed E-state index contributed by atoms with van der Waals surface area (Å²) in [6.45, 7) is 7.36. The fraction of sp³-hybridized carbons (Fsp3) is 0.600. The summed E-state index contributed by atoms with van der Waals surface area (Å²) in [6.07, 6.45) is 0. The Hall–Kier alpha value is -1.10. The van der Waals surface area contributed by atoms with Crippen LogP contribution in [0, 0.1) is 0 Å². The van der Waals surface area contributed by atoms with E-state index in [1.807, 2.05) is 0 Å². The maximum atomic E-state index is 5.47. The summed E-state index contributed by atoms with van der Waals surface area (Å²) in [7, 11) is 1.72. The molecule has 0 spiro atoms. The zero-order valence-corrected chi connectivity index (χ0v) is 11.9. The maximum absolute atomic E-state index is 5.47. The first-order valence-electron chi connectivity index (χ1n) is 6.94. The van der Waals surface area contributed by atoms with Gasteiger partial charge in [-0.2, -0.15) is 0 Å². The van der Waals surface area contributed by atoms with Gasteiger partial charge in [-0.1, -0.05) is 12.1 Å². The van der Waals surface area contributed by atoms with E-state index in [9.17, 15) is 0 Å². The first-order chi connectivity index (χ1) is 9.31. The molecule has 1 fully saturated rings. The lowest BCUT2D eigenvalue weighted by Crippen LogP contribution is -2.43. The zero-order valence-electron chi connectivity index (χ0n) is 11.9. The SMILES string of the molecule is COCCNCc1ccc(N2CCOCC2C)cc1. The van der Waals surface area contributed by atoms with Crippen molar-refractivity contribution in [2.24, 2.45) is 0 Å². The molecule has 1 saturated heterocycles. The van der Waals surface area contributed by atoms with Gasteiger partial charge in [-0.3, -0.25) is 0 Å². The molecule has 1 aromatic carbocycles. The van der Waals surface area contributed by atoms with Gasteiger partial charge in [-0.25, -0.2) is 0 Å². The van der Waals surface area contributed by atoms with Crippen molar-refractivity contribution in [1.82, 2.24) is 5.32 Å². The highest BCUT2D eigenvalue weighted by Crippen LogP contribution is 2.20. The molecule has 1 aromatic rings. The number of nitrogens with one attached hydrogen (secondary N) is 1. The molecule has 0 bridgehead atoms. The maximum Gasteiger partial charge on any atom is 0.0668 e. The fourth-order valence-electron chi connectivity index (χ4n) is 2.32. The Labute approximate surface area is 115 Å². The molecule has 1 atom stereocenters. The number of hydrogen-bond acceptors (Lipinski definition) is 4. The first-order valence-corrected chi connectivity index (χ1v) is 6.94. The van der Waals surface area contributed by atoms with Crippen LogP contribution in [0.2, 0.25) is 0 Å². The average Bonchev–Trinajstić information content (AvgIpc) is 2.45. The quantitative estimate of drug-likeness (QED) is 0.792. The van der Waals surface area contributed by atoms with E-state index >= 15 is 0 Å². The van der Waals surface area contributed by atoms with Gasteiger partial charge in [0.15, 0.2) is 0 Å². The van der Waals surface area contributed by atoms with E-state index < -0.39 is 0 Å². The molecule has 1 aliphatic heterocycles. The van der Waals surface area contributed by atoms with E-state index in [1.165, 1.54) is 11.3 Å². The molecule has 19 heavy (non-hydrogen) atoms. The third-order valence-corrected chi connectivity index (χ3v) is 3.45. The Bertz CT molecular complexity index is 367. The summed E-state index contributed by atoms with van der Waals surface area (Å²) in [5, 5.41) is 3.35. The smallest absolute Gasteiger partial charge is 0.0668 e. The van der Waals surface area contributed by atoms with E-state index in [1.54, 1.807) is 7.11 Å². The summed E-state index contributed by atoms with van der Waals surface area (Å²) < 4.78 is 10.5. The third-order valence-electron chi connectivity index (χ3n) is 3.45. The van der Waals surface area contributed by atoms with E-state index in [4.69, 9.17) is 9.47 Å². The minimum absolute atomic E-state index is 0.458. The van der Waals surface area contributed by atoms with E-state index in [2.05, 4.69) is 41.4 Å². The molecule has 1 N–H and O–H groups in total. The molecule has 0 saturated carbocycles. The van der Waals surface area contributed by atoms with E-state index in [-0.39, 0.29) is 0 Å². The average molecular weight is 264 g/mol. The van der Waals surface area contributed by atoms with Crippen molar-refractivity contribution in [2.45, 2.75) is 19.5 Å². The Morgan fingerprint density at radius 1 is 1.37 bits per heavy atom. The predicted octanol–water partition coefficient (Wildman–Crippen LogP) is 1.65. The Balaban J connectivity index is 1.87. The van der Waals surface area contributed by atoms with Crippen molar-refractivity contribution in [3.05, 3.63) is 29.8 Å². The summed E-state index contributed by atoms with van der Waals surface area (Å²) >= 11 is 0. The van der Waals surface area contributed by atoms with Crippen LogP contribution in [-0.4, -0.2) is 46.1 Å². The number of ether oxygens (including phenoxy) is 2. The van der Waals surface area contributed by atoms with Crippen LogP contribution in [0.5, 0.6) is 0 Å². The van der Waals surface area contributed by atoms with Crippen LogP contribution in [0.25, 0.3) is 0 Å². The first kappa shape index (κ1) is 14.3. The van der Waals surface area contributed by atoms with Gasteiger partial charge in [0.25, 0.3) is 0 Å². The molecule has 1 aliphatic rings. The fourth-order valence-corrected chi connectivity index (χ4v) is 2.32. The monoisotopic (exact) mass is 264 g/mol. The third kappa shape index (κ3) is 4.20. The molecule has 0 radical (unpaired) electrons. The number of morpholine rings is 1. The van der Waals surface area contributed by atoms with Crippen LogP contribution < -0.4 is 10.2 Å². The molecule has 0 aromatic heterocycles. The number of nitrogens with zero attached hydrogens (tertiary/aromatic N) is 1. The summed E-state index contributed by atoms with van der Waals surface area (Å²) in [4.78, 5) is 2.41. The number of methoxy groups -OCH3 is 1. The van der Waals surface area contributed by atoms with Crippen LogP contribution >= 0.6 is 0 Å². The molecule has 0 amide bonds. The Morgan fingerprint density at radius 2 is 2.16 bits per heavy atom. The molecular formula is C15H24N2O2. The van der Waals surface area contributed by atoms with Crippen molar-refractivity contribution in [3.63, 3.8) is 0 Å². The van der Waals surface area contributed by atoms with Gasteiger partial charge in [0.05, 0.1) is 19.8 Å². The van der Waals surface area contributed by atoms with Gasteiger partial charge < -0.3 is 19.7 Å². The number of benzene rings is 1. The van der Waals surface area contributed by atoms with Gasteiger partial charge in [0.2, 0.25) is 0 Å². The van der Waals surface area contributed by atoms with Crippen LogP contribution in [0.1, 0.15) is 12.5 Å². The largest absolute Gasteiger partial charge is 0.383 e. The van der Waals surface area contributed by atoms with Crippen LogP contribution in [-0.2, 0) is 16.0 Å². The second-order valence-corrected chi connectivity index (χ2v) is 4.95. The zero-order chi connectivity index (χ0) is 13.5. The van der Waals surface area contributed by atoms with Crippen molar-refractivity contribution in [3.8, 4) is 0 Å². The lowest BCUT2D eigenvalue weighted by molar-refractivity contribution is 0.0989. The second kappa shape index (κ2) is 7.48. The molecule has 0 aliphatic carbocycles. The number of anilines is 1. The second-order valence-electron chi connectivity index (χ2n) is 4.95. The van der Waals surface area contributed by atoms with Gasteiger partial charge >= 0.3 is 0 Å². The lowest BCUT2D eigenvalue weighted by atomic mass is 10.1. The lowest BCUT2D eigenvalue weighted by Gasteiger charge is -2.35. The van der Waals surface area contributed by atoms with Gasteiger partial charge in [0.1, 0.15) is 0 Å². The minimum atomic E-state index is 0.458. The van der Waals surface area contributed by atoms with Crippen molar-refractivity contribution < 1.29 is 9.47 Å². The van der Waals surface area contributed by atoms with Crippen LogP contribution in [0.4, 0.5) is 5.69 Å². The van der Waals surface area contributed by atoms with E-state index in [0.717, 1.165) is 39.5 Å². The number of hydrogen-bond donors (Lipinski definition) is 1. The van der Waals surface area contributed by atoms with Gasteiger partial charge in [-0.05, 0) is 24.6 Å². The van der Waals surface area contributed by atoms with E-state index in [0.29, 0.717) is 6.04 Å². The molecule has 106 valence electrons. The van der Waals surface area contributed by atoms with Crippen molar-refractivity contribution in [1.29, 1.82) is 0 Å². The molecule has 1 unspecified atom stereocenters. The van der Waals surface area contributed by atoms with Gasteiger partial charge in [0, 0.05) is 38.5 Å². The molecular weight excluding hydrogens is 240 g/mol. The van der Waals surface area contributed by atoms with Crippen LogP contribution in [0.15, 0.2) is 24.3 Å². The predicted molar refractivity (Wildman–Crippen MR) is 77.7 cm³/mol. The topological polar surface area (TPSA) is 33.7 Å². The molecule has 4 heteroatoms. The number of rotatable bonds is 6. The van der Waals surface area contributed by atoms with Gasteiger partial charge in [-0.15, -0.1) is 0 Å². The molecule has 2 rings (SSSR count). The summed E-state index contributed by atoms with van der Waals surface area (Å²) in [5.74, 6) is 0. The molecule has 4 nitrogen and oxygen atoms in total. The van der Waals surface area contributed by atoms with Crippen molar-refractivity contribution >= 4 is 5.69 Å². The highest BCUT2D eigenvalue weighted by atomic mass is 16.5. The van der Waals surface area contributed by atoms with Crippen molar-refractivity contribution in [2.75, 3.05) is 44.9 Å². The Kier molecular flexibility index (Phi) is 5.63. The highest BCUT2D eigenvalue weighted by molar-refractivity contribution is 5.48. The Morgan fingerprint density at radius 3 is 2.84 bits per heavy atom. The molecule has 1 heterocycles. The summed E-state index contributed by atoms with van der Waals surface area (Å²) in [6, 6.07) is 9.25. The standard InChI is InChI=1S/C15H24N2O2/c1-13-12-19-10-8-17(13)15-5-3-14(4-6-15)11-16-7-9-18-2/h3-6,13,16H,7-12H2,1-2H3. The normalized spacial score (nSPS) is 19.7.